The molecule has 10 heteroatoms. The van der Waals surface area contributed by atoms with Crippen LogP contribution >= 0.6 is 7.82 Å². The predicted molar refractivity (Wildman–Crippen MR) is 369 cm³/mol. The zero-order chi connectivity index (χ0) is 62.6. The van der Waals surface area contributed by atoms with Gasteiger partial charge in [-0.1, -0.05) is 296 Å². The summed E-state index contributed by atoms with van der Waals surface area (Å²) in [5, 5.41) is 0. The second-order valence-corrected chi connectivity index (χ2v) is 25.9. The van der Waals surface area contributed by atoms with Crippen LogP contribution < -0.4 is 4.89 Å². The number of rotatable bonds is 64. The molecular weight excluding hydrogens is 1090 g/mol. The van der Waals surface area contributed by atoms with Crippen molar-refractivity contribution in [2.45, 2.75) is 302 Å². The molecule has 0 amide bonds. The predicted octanol–water partition coefficient (Wildman–Crippen LogP) is 22.4. The Morgan fingerprint density at radius 2 is 0.663 bits per heavy atom. The second kappa shape index (κ2) is 65.8. The molecule has 0 fully saturated rings. The van der Waals surface area contributed by atoms with Gasteiger partial charge in [0.2, 0.25) is 0 Å². The molecule has 0 rings (SSSR count). The summed E-state index contributed by atoms with van der Waals surface area (Å²) in [5.41, 5.74) is 0. The first-order valence-corrected chi connectivity index (χ1v) is 36.7. The van der Waals surface area contributed by atoms with Gasteiger partial charge in [-0.15, -0.1) is 0 Å². The lowest BCUT2D eigenvalue weighted by Gasteiger charge is -2.28. The van der Waals surface area contributed by atoms with Gasteiger partial charge in [-0.25, -0.2) is 0 Å². The zero-order valence-corrected chi connectivity index (χ0v) is 57.1. The van der Waals surface area contributed by atoms with E-state index in [9.17, 15) is 19.0 Å². The molecule has 0 aromatic carbocycles. The first-order chi connectivity index (χ1) is 42.0. The summed E-state index contributed by atoms with van der Waals surface area (Å²) in [6.45, 7) is 4.12. The van der Waals surface area contributed by atoms with Gasteiger partial charge in [0, 0.05) is 12.8 Å². The number of ether oxygens (including phenoxy) is 2. The summed E-state index contributed by atoms with van der Waals surface area (Å²) in [4.78, 5) is 38.1. The highest BCUT2D eigenvalue weighted by atomic mass is 31.2. The number of carbonyl (C=O) groups is 2. The lowest BCUT2D eigenvalue weighted by atomic mass is 10.0. The number of allylic oxidation sites excluding steroid dienone is 20. The Labute approximate surface area is 530 Å². The topological polar surface area (TPSA) is 111 Å². The summed E-state index contributed by atoms with van der Waals surface area (Å²) in [7, 11) is 1.15. The summed E-state index contributed by atoms with van der Waals surface area (Å²) in [6.07, 6.45) is 94.2. The van der Waals surface area contributed by atoms with Crippen molar-refractivity contribution in [3.05, 3.63) is 122 Å². The van der Waals surface area contributed by atoms with Gasteiger partial charge < -0.3 is 27.9 Å². The molecule has 0 aliphatic carbocycles. The van der Waals surface area contributed by atoms with Crippen LogP contribution in [0, 0.1) is 0 Å². The Morgan fingerprint density at radius 3 is 0.988 bits per heavy atom. The Balaban J connectivity index is 4.08. The van der Waals surface area contributed by atoms with Gasteiger partial charge in [0.25, 0.3) is 7.82 Å². The number of esters is 2. The second-order valence-electron chi connectivity index (χ2n) is 24.5. The van der Waals surface area contributed by atoms with Crippen LogP contribution in [-0.4, -0.2) is 70.0 Å². The Kier molecular flexibility index (Phi) is 63.1. The van der Waals surface area contributed by atoms with Crippen molar-refractivity contribution in [3.8, 4) is 0 Å². The van der Waals surface area contributed by atoms with Crippen LogP contribution in [0.1, 0.15) is 296 Å². The van der Waals surface area contributed by atoms with Crippen molar-refractivity contribution in [1.82, 2.24) is 0 Å². The van der Waals surface area contributed by atoms with Crippen molar-refractivity contribution >= 4 is 19.8 Å². The maximum absolute atomic E-state index is 12.9. The van der Waals surface area contributed by atoms with Crippen LogP contribution in [0.2, 0.25) is 0 Å². The number of quaternary nitrogens is 1. The molecule has 0 aliphatic heterocycles. The van der Waals surface area contributed by atoms with E-state index < -0.39 is 26.5 Å². The number of carbonyl (C=O) groups excluding carboxylic acids is 2. The highest BCUT2D eigenvalue weighted by Gasteiger charge is 2.22. The third-order valence-corrected chi connectivity index (χ3v) is 15.9. The fourth-order valence-electron chi connectivity index (χ4n) is 9.59. The molecule has 2 atom stereocenters. The number of nitrogens with zero attached hydrogens (tertiary/aromatic N) is 1. The average Bonchev–Trinajstić information content (AvgIpc) is 3.67. The molecule has 494 valence electrons. The molecule has 2 unspecified atom stereocenters. The lowest BCUT2D eigenvalue weighted by molar-refractivity contribution is -0.870. The summed E-state index contributed by atoms with van der Waals surface area (Å²) < 4.78 is 34.3. The molecule has 0 bridgehead atoms. The van der Waals surface area contributed by atoms with E-state index in [1.807, 2.05) is 21.1 Å². The number of likely N-dealkylation sites (N-methyl/N-ethyl adjacent to an activating group) is 1. The molecule has 0 N–H and O–H groups in total. The molecule has 0 saturated heterocycles. The minimum atomic E-state index is -4.65. The van der Waals surface area contributed by atoms with E-state index in [2.05, 4.69) is 135 Å². The van der Waals surface area contributed by atoms with Gasteiger partial charge >= 0.3 is 11.9 Å². The van der Waals surface area contributed by atoms with Crippen LogP contribution in [0.15, 0.2) is 122 Å². The van der Waals surface area contributed by atoms with Gasteiger partial charge in [-0.3, -0.25) is 14.2 Å². The number of unbranched alkanes of at least 4 members (excludes halogenated alkanes) is 30. The van der Waals surface area contributed by atoms with Crippen molar-refractivity contribution in [1.29, 1.82) is 0 Å². The molecule has 0 aliphatic rings. The van der Waals surface area contributed by atoms with Crippen LogP contribution in [0.25, 0.3) is 0 Å². The summed E-state index contributed by atoms with van der Waals surface area (Å²) in [6, 6.07) is 0. The maximum Gasteiger partial charge on any atom is 0.306 e. The van der Waals surface area contributed by atoms with Crippen LogP contribution in [0.5, 0.6) is 0 Å². The quantitative estimate of drug-likeness (QED) is 0.0195. The largest absolute Gasteiger partial charge is 0.756 e. The van der Waals surface area contributed by atoms with Gasteiger partial charge in [-0.05, 0) is 109 Å². The van der Waals surface area contributed by atoms with Crippen LogP contribution in [-0.2, 0) is 32.7 Å². The molecular formula is C76H132NO8P. The Hall–Kier alpha value is -3.59. The van der Waals surface area contributed by atoms with Gasteiger partial charge in [0.1, 0.15) is 19.8 Å². The van der Waals surface area contributed by atoms with E-state index in [0.29, 0.717) is 17.4 Å². The van der Waals surface area contributed by atoms with Gasteiger partial charge in [-0.2, -0.15) is 0 Å². The summed E-state index contributed by atoms with van der Waals surface area (Å²) in [5.74, 6) is -0.844. The highest BCUT2D eigenvalue weighted by Crippen LogP contribution is 2.38. The van der Waals surface area contributed by atoms with Gasteiger partial charge in [0.15, 0.2) is 6.10 Å². The number of hydrogen-bond donors (Lipinski definition) is 0. The molecule has 9 nitrogen and oxygen atoms in total. The SMILES string of the molecule is CC/C=C\C/C=C\C/C=C\C/C=C\C/C=C\C/C=C\C/C=C\CCCCCCCCCC(=O)OC(COC(=O)CCCCCCCCCCCCCCCCCCCC/C=C\C/C=C\C/C=C\CCCCCCC)COP(=O)([O-])OCC[N+](C)(C)C. The van der Waals surface area contributed by atoms with Crippen LogP contribution in [0.3, 0.4) is 0 Å². The smallest absolute Gasteiger partial charge is 0.306 e. The molecule has 0 aromatic rings. The molecule has 0 heterocycles. The average molecular weight is 1220 g/mol. The number of hydrogen-bond acceptors (Lipinski definition) is 8. The Bertz CT molecular complexity index is 1870. The molecule has 0 radical (unpaired) electrons. The van der Waals surface area contributed by atoms with E-state index in [-0.39, 0.29) is 32.0 Å². The lowest BCUT2D eigenvalue weighted by Crippen LogP contribution is -2.37. The van der Waals surface area contributed by atoms with Gasteiger partial charge in [0.05, 0.1) is 27.7 Å². The molecule has 86 heavy (non-hydrogen) atoms. The fourth-order valence-corrected chi connectivity index (χ4v) is 10.3. The van der Waals surface area contributed by atoms with E-state index in [1.54, 1.807) is 0 Å². The van der Waals surface area contributed by atoms with Crippen LogP contribution in [0.4, 0.5) is 0 Å². The molecule has 0 aromatic heterocycles. The monoisotopic (exact) mass is 1220 g/mol. The minimum Gasteiger partial charge on any atom is -0.756 e. The standard InChI is InChI=1S/C76H132NO8P/c1-6-8-10-12-14-16-18-20-22-24-26-28-30-32-34-36-37-38-39-41-42-44-46-48-50-52-54-56-58-60-62-64-66-68-75(78)82-72-74(73-84-86(80,81)83-71-70-77(3,4)5)85-76(79)69-67-65-63-61-59-57-55-53-51-49-47-45-43-40-35-33-31-29-27-25-23-21-19-17-15-13-11-9-7-2/h9,11,15,17-18,20-21,23-24,26-27,29-30,32-33,35,43,45,49,51,74H,6-8,10,12-14,16,19,22,25,28,31,34,36-42,44,46-48,50,52-73H2,1-5H3/b11-9-,17-15-,20-18-,23-21-,26-24-,29-27-,32-30-,35-33-,45-43-,51-49-. The molecule has 0 saturated carbocycles. The fraction of sp³-hybridized carbons (Fsp3) is 0.711. The third kappa shape index (κ3) is 69.5. The van der Waals surface area contributed by atoms with E-state index in [1.165, 1.54) is 161 Å². The highest BCUT2D eigenvalue weighted by molar-refractivity contribution is 7.45. The van der Waals surface area contributed by atoms with E-state index >= 15 is 0 Å². The molecule has 0 spiro atoms. The first-order valence-electron chi connectivity index (χ1n) is 35.2. The first kappa shape index (κ1) is 82.4. The number of phosphoric acid groups is 1. The number of phosphoric ester groups is 1. The normalized spacial score (nSPS) is 13.9. The zero-order valence-electron chi connectivity index (χ0n) is 56.2. The van der Waals surface area contributed by atoms with Crippen molar-refractivity contribution in [2.75, 3.05) is 47.5 Å². The Morgan fingerprint density at radius 1 is 0.372 bits per heavy atom. The van der Waals surface area contributed by atoms with E-state index in [0.717, 1.165) is 103 Å². The van der Waals surface area contributed by atoms with E-state index in [4.69, 9.17) is 18.5 Å². The van der Waals surface area contributed by atoms with Crippen molar-refractivity contribution in [3.63, 3.8) is 0 Å². The van der Waals surface area contributed by atoms with Crippen molar-refractivity contribution in [2.24, 2.45) is 0 Å². The summed E-state index contributed by atoms with van der Waals surface area (Å²) >= 11 is 0. The minimum absolute atomic E-state index is 0.0382. The third-order valence-electron chi connectivity index (χ3n) is 15.0. The maximum atomic E-state index is 12.9. The van der Waals surface area contributed by atoms with Crippen molar-refractivity contribution < 1.29 is 42.1 Å².